The molecule has 0 bridgehead atoms. The summed E-state index contributed by atoms with van der Waals surface area (Å²) in [6.45, 7) is 1.15. The number of benzene rings is 2. The first kappa shape index (κ1) is 19.2. The van der Waals surface area contributed by atoms with Gasteiger partial charge in [-0.3, -0.25) is 4.79 Å². The van der Waals surface area contributed by atoms with Crippen molar-refractivity contribution in [1.29, 1.82) is 0 Å². The number of rotatable bonds is 7. The molecule has 7 nitrogen and oxygen atoms in total. The van der Waals surface area contributed by atoms with Crippen LogP contribution in [-0.2, 0) is 34.3 Å². The lowest BCUT2D eigenvalue weighted by atomic mass is 10.1. The van der Waals surface area contributed by atoms with E-state index in [1.165, 1.54) is 4.31 Å². The Morgan fingerprint density at radius 2 is 1.78 bits per heavy atom. The maximum atomic E-state index is 12.3. The van der Waals surface area contributed by atoms with Gasteiger partial charge >= 0.3 is 5.97 Å². The van der Waals surface area contributed by atoms with Crippen LogP contribution >= 0.6 is 0 Å². The number of para-hydroxylation sites is 1. The van der Waals surface area contributed by atoms with Gasteiger partial charge in [-0.1, -0.05) is 36.4 Å². The molecule has 2 aromatic carbocycles. The standard InChI is InChI=1S/C19H21NO6S/c1-27(23,24)20(12-15-5-2-4-14(10-15)11-18(21)22)13-16-6-3-7-17-19(16)26-9-8-25-17/h2-7,10H,8-9,11-13H2,1H3,(H,21,22). The lowest BCUT2D eigenvalue weighted by molar-refractivity contribution is -0.136. The summed E-state index contributed by atoms with van der Waals surface area (Å²) in [4.78, 5) is 10.9. The first-order valence-corrected chi connectivity index (χ1v) is 10.3. The van der Waals surface area contributed by atoms with Gasteiger partial charge in [0.15, 0.2) is 11.5 Å². The van der Waals surface area contributed by atoms with Crippen molar-refractivity contribution in [2.24, 2.45) is 0 Å². The van der Waals surface area contributed by atoms with Crippen molar-refractivity contribution < 1.29 is 27.8 Å². The summed E-state index contributed by atoms with van der Waals surface area (Å²) in [5.74, 6) is 0.243. The smallest absolute Gasteiger partial charge is 0.307 e. The zero-order valence-corrected chi connectivity index (χ0v) is 15.7. The van der Waals surface area contributed by atoms with Crippen molar-refractivity contribution in [3.8, 4) is 11.5 Å². The van der Waals surface area contributed by atoms with Gasteiger partial charge in [0.05, 0.1) is 12.7 Å². The van der Waals surface area contributed by atoms with E-state index in [0.717, 1.165) is 17.4 Å². The fraction of sp³-hybridized carbons (Fsp3) is 0.316. The Hall–Kier alpha value is -2.58. The quantitative estimate of drug-likeness (QED) is 0.776. The van der Waals surface area contributed by atoms with Crippen molar-refractivity contribution in [3.05, 3.63) is 59.2 Å². The van der Waals surface area contributed by atoms with Gasteiger partial charge in [0.2, 0.25) is 10.0 Å². The van der Waals surface area contributed by atoms with Crippen LogP contribution in [0.2, 0.25) is 0 Å². The maximum Gasteiger partial charge on any atom is 0.307 e. The molecule has 144 valence electrons. The van der Waals surface area contributed by atoms with E-state index in [0.29, 0.717) is 30.3 Å². The molecule has 0 fully saturated rings. The fourth-order valence-corrected chi connectivity index (χ4v) is 3.71. The van der Waals surface area contributed by atoms with E-state index in [1.54, 1.807) is 36.4 Å². The Labute approximate surface area is 158 Å². The van der Waals surface area contributed by atoms with E-state index >= 15 is 0 Å². The van der Waals surface area contributed by atoms with Crippen LogP contribution in [0.5, 0.6) is 11.5 Å². The largest absolute Gasteiger partial charge is 0.486 e. The van der Waals surface area contributed by atoms with Crippen molar-refractivity contribution in [3.63, 3.8) is 0 Å². The second kappa shape index (κ2) is 7.98. The van der Waals surface area contributed by atoms with Crippen LogP contribution in [0, 0.1) is 0 Å². The van der Waals surface area contributed by atoms with Crippen LogP contribution in [0.1, 0.15) is 16.7 Å². The molecular weight excluding hydrogens is 370 g/mol. The molecule has 0 saturated heterocycles. The number of carbonyl (C=O) groups is 1. The number of carboxylic acid groups (broad SMARTS) is 1. The molecule has 1 aliphatic rings. The molecule has 1 aliphatic heterocycles. The number of hydrogen-bond donors (Lipinski definition) is 1. The number of ether oxygens (including phenoxy) is 2. The van der Waals surface area contributed by atoms with Crippen LogP contribution in [0.25, 0.3) is 0 Å². The Balaban J connectivity index is 1.85. The van der Waals surface area contributed by atoms with Gasteiger partial charge < -0.3 is 14.6 Å². The molecule has 0 amide bonds. The van der Waals surface area contributed by atoms with E-state index < -0.39 is 16.0 Å². The molecule has 0 unspecified atom stereocenters. The summed E-state index contributed by atoms with van der Waals surface area (Å²) in [6.07, 6.45) is 1.05. The molecule has 8 heteroatoms. The first-order valence-electron chi connectivity index (χ1n) is 8.45. The van der Waals surface area contributed by atoms with E-state index in [1.807, 2.05) is 6.07 Å². The van der Waals surface area contributed by atoms with E-state index in [4.69, 9.17) is 14.6 Å². The number of carboxylic acids is 1. The molecule has 0 atom stereocenters. The average Bonchev–Trinajstić information content (AvgIpc) is 2.60. The summed E-state index contributed by atoms with van der Waals surface area (Å²) in [5.41, 5.74) is 2.07. The average molecular weight is 391 g/mol. The molecule has 1 N–H and O–H groups in total. The molecule has 0 aliphatic carbocycles. The maximum absolute atomic E-state index is 12.3. The highest BCUT2D eigenvalue weighted by atomic mass is 32.2. The summed E-state index contributed by atoms with van der Waals surface area (Å²) in [7, 11) is -3.50. The van der Waals surface area contributed by atoms with E-state index in [2.05, 4.69) is 0 Å². The molecular formula is C19H21NO6S. The number of nitrogens with zero attached hydrogens (tertiary/aromatic N) is 1. The highest BCUT2D eigenvalue weighted by Crippen LogP contribution is 2.34. The lowest BCUT2D eigenvalue weighted by Gasteiger charge is -2.25. The second-order valence-electron chi connectivity index (χ2n) is 6.36. The monoisotopic (exact) mass is 391 g/mol. The SMILES string of the molecule is CS(=O)(=O)N(Cc1cccc(CC(=O)O)c1)Cc1cccc2c1OCCO2. The van der Waals surface area contributed by atoms with Crippen molar-refractivity contribution in [2.75, 3.05) is 19.5 Å². The molecule has 1 heterocycles. The molecule has 0 saturated carbocycles. The molecule has 0 spiro atoms. The number of aliphatic carboxylic acids is 1. The predicted octanol–water partition coefficient (Wildman–Crippen LogP) is 2.05. The van der Waals surface area contributed by atoms with Crippen LogP contribution in [0.3, 0.4) is 0 Å². The molecule has 3 rings (SSSR count). The van der Waals surface area contributed by atoms with Gasteiger partial charge in [-0.15, -0.1) is 0 Å². The molecule has 2 aromatic rings. The Morgan fingerprint density at radius 3 is 2.52 bits per heavy atom. The van der Waals surface area contributed by atoms with Crippen LogP contribution in [0.4, 0.5) is 0 Å². The minimum absolute atomic E-state index is 0.107. The van der Waals surface area contributed by atoms with Gasteiger partial charge in [0.25, 0.3) is 0 Å². The highest BCUT2D eigenvalue weighted by molar-refractivity contribution is 7.88. The molecule has 0 aromatic heterocycles. The summed E-state index contributed by atoms with van der Waals surface area (Å²) < 4.78 is 37.2. The third kappa shape index (κ3) is 4.99. The topological polar surface area (TPSA) is 93.1 Å². The van der Waals surface area contributed by atoms with Gasteiger partial charge in [-0.2, -0.15) is 4.31 Å². The third-order valence-corrected chi connectivity index (χ3v) is 5.37. The lowest BCUT2D eigenvalue weighted by Crippen LogP contribution is -2.29. The fourth-order valence-electron chi connectivity index (χ4n) is 2.96. The summed E-state index contributed by atoms with van der Waals surface area (Å²) in [6, 6.07) is 12.3. The minimum atomic E-state index is -3.50. The minimum Gasteiger partial charge on any atom is -0.486 e. The zero-order valence-electron chi connectivity index (χ0n) is 14.9. The van der Waals surface area contributed by atoms with Crippen LogP contribution in [0.15, 0.2) is 42.5 Å². The highest BCUT2D eigenvalue weighted by Gasteiger charge is 2.22. The number of hydrogen-bond acceptors (Lipinski definition) is 5. The zero-order chi connectivity index (χ0) is 19.4. The Kier molecular flexibility index (Phi) is 5.67. The van der Waals surface area contributed by atoms with Crippen LogP contribution < -0.4 is 9.47 Å². The van der Waals surface area contributed by atoms with Gasteiger partial charge in [0, 0.05) is 18.7 Å². The molecule has 27 heavy (non-hydrogen) atoms. The normalized spacial score (nSPS) is 13.6. The first-order chi connectivity index (χ1) is 12.8. The third-order valence-electron chi connectivity index (χ3n) is 4.17. The van der Waals surface area contributed by atoms with Gasteiger partial charge in [-0.25, -0.2) is 8.42 Å². The van der Waals surface area contributed by atoms with Crippen molar-refractivity contribution in [1.82, 2.24) is 4.31 Å². The van der Waals surface area contributed by atoms with Crippen molar-refractivity contribution >= 4 is 16.0 Å². The summed E-state index contributed by atoms with van der Waals surface area (Å²) >= 11 is 0. The number of fused-ring (bicyclic) bond motifs is 1. The molecule has 0 radical (unpaired) electrons. The second-order valence-corrected chi connectivity index (χ2v) is 8.35. The van der Waals surface area contributed by atoms with Crippen LogP contribution in [-0.4, -0.2) is 43.3 Å². The van der Waals surface area contributed by atoms with Gasteiger partial charge in [-0.05, 0) is 17.2 Å². The Bertz CT molecular complexity index is 941. The predicted molar refractivity (Wildman–Crippen MR) is 99.3 cm³/mol. The van der Waals surface area contributed by atoms with Crippen molar-refractivity contribution in [2.45, 2.75) is 19.5 Å². The summed E-state index contributed by atoms with van der Waals surface area (Å²) in [5, 5.41) is 8.94. The van der Waals surface area contributed by atoms with Gasteiger partial charge in [0.1, 0.15) is 13.2 Å². The van der Waals surface area contributed by atoms with E-state index in [-0.39, 0.29) is 19.5 Å². The Morgan fingerprint density at radius 1 is 1.07 bits per heavy atom. The van der Waals surface area contributed by atoms with E-state index in [9.17, 15) is 13.2 Å². The number of sulfonamides is 1.